The van der Waals surface area contributed by atoms with Crippen molar-refractivity contribution in [2.75, 3.05) is 11.9 Å². The zero-order valence-electron chi connectivity index (χ0n) is 15.4. The molecule has 8 nitrogen and oxygen atoms in total. The second-order valence-corrected chi connectivity index (χ2v) is 7.13. The van der Waals surface area contributed by atoms with Gasteiger partial charge in [0.05, 0.1) is 41.1 Å². The van der Waals surface area contributed by atoms with Crippen molar-refractivity contribution in [3.05, 3.63) is 59.6 Å². The summed E-state index contributed by atoms with van der Waals surface area (Å²) in [6, 6.07) is 7.41. The van der Waals surface area contributed by atoms with Crippen molar-refractivity contribution in [1.82, 2.24) is 29.9 Å². The second kappa shape index (κ2) is 7.93. The first-order valence-electron chi connectivity index (χ1n) is 9.14. The molecule has 1 fully saturated rings. The molecule has 1 N–H and O–H groups in total. The standard InChI is InChI=1S/C19H20ClN7O/c1-13-16(25-19-21-11-14(20)12-22-19)6-4-10-26(13)18(28)15-5-2-3-7-17(15)27-23-8-9-24-27/h2-3,5,7-9,11-13,16H,4,6,10H2,1H3,(H,21,22,25)/t13-,16+/m1/s1. The molecule has 1 saturated heterocycles. The Balaban J connectivity index is 1.56. The fourth-order valence-corrected chi connectivity index (χ4v) is 3.60. The Morgan fingerprint density at radius 2 is 1.89 bits per heavy atom. The Hall–Kier alpha value is -3.00. The van der Waals surface area contributed by atoms with E-state index >= 15 is 0 Å². The average Bonchev–Trinajstić information content (AvgIpc) is 3.25. The van der Waals surface area contributed by atoms with E-state index in [1.165, 1.54) is 4.80 Å². The highest BCUT2D eigenvalue weighted by atomic mass is 35.5. The molecule has 9 heteroatoms. The first-order valence-corrected chi connectivity index (χ1v) is 9.52. The SMILES string of the molecule is C[C@@H]1[C@@H](Nc2ncc(Cl)cn2)CCCN1C(=O)c1ccccc1-n1nccn1. The number of carbonyl (C=O) groups is 1. The Morgan fingerprint density at radius 1 is 1.18 bits per heavy atom. The molecule has 1 aromatic carbocycles. The van der Waals surface area contributed by atoms with Gasteiger partial charge >= 0.3 is 0 Å². The van der Waals surface area contributed by atoms with E-state index in [-0.39, 0.29) is 18.0 Å². The summed E-state index contributed by atoms with van der Waals surface area (Å²) < 4.78 is 0. The van der Waals surface area contributed by atoms with Gasteiger partial charge in [0.15, 0.2) is 0 Å². The van der Waals surface area contributed by atoms with Crippen LogP contribution in [0.5, 0.6) is 0 Å². The zero-order valence-corrected chi connectivity index (χ0v) is 16.1. The number of anilines is 1. The molecule has 0 radical (unpaired) electrons. The van der Waals surface area contributed by atoms with Gasteiger partial charge in [0.2, 0.25) is 5.95 Å². The van der Waals surface area contributed by atoms with Gasteiger partial charge in [0.1, 0.15) is 0 Å². The van der Waals surface area contributed by atoms with Crippen LogP contribution in [0.3, 0.4) is 0 Å². The minimum Gasteiger partial charge on any atom is -0.349 e. The van der Waals surface area contributed by atoms with E-state index in [2.05, 4.69) is 25.5 Å². The number of rotatable bonds is 4. The molecule has 2 aromatic heterocycles. The lowest BCUT2D eigenvalue weighted by Gasteiger charge is -2.40. The predicted molar refractivity (Wildman–Crippen MR) is 106 cm³/mol. The van der Waals surface area contributed by atoms with Gasteiger partial charge in [-0.2, -0.15) is 15.0 Å². The van der Waals surface area contributed by atoms with Crippen LogP contribution in [0.15, 0.2) is 49.1 Å². The lowest BCUT2D eigenvalue weighted by molar-refractivity contribution is 0.0616. The largest absolute Gasteiger partial charge is 0.349 e. The summed E-state index contributed by atoms with van der Waals surface area (Å²) in [6.07, 6.45) is 8.12. The van der Waals surface area contributed by atoms with Crippen molar-refractivity contribution < 1.29 is 4.79 Å². The quantitative estimate of drug-likeness (QED) is 0.728. The van der Waals surface area contributed by atoms with Crippen molar-refractivity contribution in [2.45, 2.75) is 31.8 Å². The molecule has 0 aliphatic carbocycles. The van der Waals surface area contributed by atoms with Gasteiger partial charge < -0.3 is 10.2 Å². The van der Waals surface area contributed by atoms with E-state index in [1.807, 2.05) is 36.1 Å². The average molecular weight is 398 g/mol. The van der Waals surface area contributed by atoms with Gasteiger partial charge in [-0.15, -0.1) is 0 Å². The molecule has 0 spiro atoms. The second-order valence-electron chi connectivity index (χ2n) is 6.69. The third kappa shape index (κ3) is 3.68. The van der Waals surface area contributed by atoms with Gasteiger partial charge in [0.25, 0.3) is 5.91 Å². The molecule has 2 atom stereocenters. The van der Waals surface area contributed by atoms with Crippen molar-refractivity contribution in [3.63, 3.8) is 0 Å². The maximum absolute atomic E-state index is 13.3. The maximum Gasteiger partial charge on any atom is 0.256 e. The van der Waals surface area contributed by atoms with Crippen LogP contribution in [0.4, 0.5) is 5.95 Å². The number of benzene rings is 1. The van der Waals surface area contributed by atoms with Crippen LogP contribution >= 0.6 is 11.6 Å². The Morgan fingerprint density at radius 3 is 2.64 bits per heavy atom. The number of piperidine rings is 1. The lowest BCUT2D eigenvalue weighted by atomic mass is 9.96. The molecule has 3 aromatic rings. The topological polar surface area (TPSA) is 88.8 Å². The number of nitrogens with zero attached hydrogens (tertiary/aromatic N) is 6. The molecule has 144 valence electrons. The van der Waals surface area contributed by atoms with E-state index in [0.29, 0.717) is 28.8 Å². The van der Waals surface area contributed by atoms with Crippen molar-refractivity contribution in [1.29, 1.82) is 0 Å². The van der Waals surface area contributed by atoms with Crippen LogP contribution < -0.4 is 5.32 Å². The van der Waals surface area contributed by atoms with Gasteiger partial charge in [-0.3, -0.25) is 4.79 Å². The number of carbonyl (C=O) groups excluding carboxylic acids is 1. The number of para-hydroxylation sites is 1. The van der Waals surface area contributed by atoms with Crippen LogP contribution in [0, 0.1) is 0 Å². The molecular formula is C19H20ClN7O. The van der Waals surface area contributed by atoms with E-state index in [9.17, 15) is 4.79 Å². The van der Waals surface area contributed by atoms with E-state index < -0.39 is 0 Å². The highest BCUT2D eigenvalue weighted by molar-refractivity contribution is 6.30. The van der Waals surface area contributed by atoms with Gasteiger partial charge in [-0.25, -0.2) is 9.97 Å². The molecule has 4 rings (SSSR count). The van der Waals surface area contributed by atoms with E-state index in [0.717, 1.165) is 12.8 Å². The lowest BCUT2D eigenvalue weighted by Crippen LogP contribution is -2.52. The summed E-state index contributed by atoms with van der Waals surface area (Å²) in [4.78, 5) is 25.1. The third-order valence-electron chi connectivity index (χ3n) is 4.95. The van der Waals surface area contributed by atoms with Gasteiger partial charge in [0, 0.05) is 18.6 Å². The Kier molecular flexibility index (Phi) is 5.21. The van der Waals surface area contributed by atoms with Crippen LogP contribution in [0.1, 0.15) is 30.1 Å². The van der Waals surface area contributed by atoms with Crippen LogP contribution in [-0.4, -0.2) is 54.4 Å². The van der Waals surface area contributed by atoms with Crippen LogP contribution in [0.2, 0.25) is 5.02 Å². The smallest absolute Gasteiger partial charge is 0.256 e. The summed E-state index contributed by atoms with van der Waals surface area (Å²) in [5.41, 5.74) is 1.25. The summed E-state index contributed by atoms with van der Waals surface area (Å²) in [5.74, 6) is 0.473. The first kappa shape index (κ1) is 18.4. The molecule has 1 amide bonds. The highest BCUT2D eigenvalue weighted by Gasteiger charge is 2.33. The minimum atomic E-state index is -0.0380. The van der Waals surface area contributed by atoms with Gasteiger partial charge in [-0.1, -0.05) is 23.7 Å². The number of amides is 1. The van der Waals surface area contributed by atoms with Crippen molar-refractivity contribution >= 4 is 23.5 Å². The third-order valence-corrected chi connectivity index (χ3v) is 5.15. The molecule has 1 aliphatic rings. The van der Waals surface area contributed by atoms with E-state index in [4.69, 9.17) is 11.6 Å². The molecule has 28 heavy (non-hydrogen) atoms. The van der Waals surface area contributed by atoms with Crippen LogP contribution in [0.25, 0.3) is 5.69 Å². The maximum atomic E-state index is 13.3. The number of halogens is 1. The van der Waals surface area contributed by atoms with Crippen molar-refractivity contribution in [2.24, 2.45) is 0 Å². The highest BCUT2D eigenvalue weighted by Crippen LogP contribution is 2.24. The fraction of sp³-hybridized carbons (Fsp3) is 0.316. The molecular weight excluding hydrogens is 378 g/mol. The van der Waals surface area contributed by atoms with Crippen molar-refractivity contribution in [3.8, 4) is 5.69 Å². The summed E-state index contributed by atoms with van der Waals surface area (Å²) in [5, 5.41) is 12.2. The normalized spacial score (nSPS) is 19.4. The number of likely N-dealkylation sites (tertiary alicyclic amines) is 1. The predicted octanol–water partition coefficient (Wildman–Crippen LogP) is 2.82. The first-order chi connectivity index (χ1) is 13.6. The number of aromatic nitrogens is 5. The number of nitrogens with one attached hydrogen (secondary N) is 1. The molecule has 1 aliphatic heterocycles. The minimum absolute atomic E-state index is 0.0286. The Bertz CT molecular complexity index is 945. The Labute approximate surface area is 167 Å². The monoisotopic (exact) mass is 397 g/mol. The van der Waals surface area contributed by atoms with Crippen LogP contribution in [-0.2, 0) is 0 Å². The summed E-state index contributed by atoms with van der Waals surface area (Å²) in [6.45, 7) is 2.74. The zero-order chi connectivity index (χ0) is 19.5. The molecule has 0 bridgehead atoms. The van der Waals surface area contributed by atoms with Gasteiger partial charge in [-0.05, 0) is 31.9 Å². The van der Waals surface area contributed by atoms with E-state index in [1.54, 1.807) is 24.8 Å². The molecule has 0 saturated carbocycles. The number of hydrogen-bond donors (Lipinski definition) is 1. The fourth-order valence-electron chi connectivity index (χ4n) is 3.50. The number of hydrogen-bond acceptors (Lipinski definition) is 6. The summed E-state index contributed by atoms with van der Waals surface area (Å²) in [7, 11) is 0. The molecule has 0 unspecified atom stereocenters. The molecule has 3 heterocycles. The summed E-state index contributed by atoms with van der Waals surface area (Å²) >= 11 is 5.85.